The van der Waals surface area contributed by atoms with Crippen LogP contribution in [-0.2, 0) is 6.54 Å². The molecule has 2 rings (SSSR count). The number of amides is 1. The molecule has 0 spiro atoms. The van der Waals surface area contributed by atoms with E-state index in [0.29, 0.717) is 23.0 Å². The SMILES string of the molecule is Cc1csc(C(=O)NCc2cccc(C#CCN)c2)c1Cl. The van der Waals surface area contributed by atoms with Gasteiger partial charge in [0.25, 0.3) is 5.91 Å². The average molecular weight is 319 g/mol. The van der Waals surface area contributed by atoms with Crippen LogP contribution in [-0.4, -0.2) is 12.5 Å². The maximum Gasteiger partial charge on any atom is 0.263 e. The Morgan fingerprint density at radius 1 is 1.48 bits per heavy atom. The highest BCUT2D eigenvalue weighted by Gasteiger charge is 2.14. The van der Waals surface area contributed by atoms with Crippen LogP contribution >= 0.6 is 22.9 Å². The summed E-state index contributed by atoms with van der Waals surface area (Å²) in [4.78, 5) is 12.6. The molecule has 3 nitrogen and oxygen atoms in total. The second kappa shape index (κ2) is 7.28. The van der Waals surface area contributed by atoms with Gasteiger partial charge in [0.2, 0.25) is 0 Å². The normalized spacial score (nSPS) is 9.86. The maximum atomic E-state index is 12.1. The fourth-order valence-electron chi connectivity index (χ4n) is 1.76. The Labute approximate surface area is 133 Å². The topological polar surface area (TPSA) is 55.1 Å². The summed E-state index contributed by atoms with van der Waals surface area (Å²) in [5, 5.41) is 5.27. The summed E-state index contributed by atoms with van der Waals surface area (Å²) in [6, 6.07) is 7.69. The van der Waals surface area contributed by atoms with Crippen molar-refractivity contribution in [3.63, 3.8) is 0 Å². The van der Waals surface area contributed by atoms with Crippen molar-refractivity contribution in [2.75, 3.05) is 6.54 Å². The zero-order valence-corrected chi connectivity index (χ0v) is 13.1. The molecule has 0 unspecified atom stereocenters. The Bertz CT molecular complexity index is 713. The predicted molar refractivity (Wildman–Crippen MR) is 87.6 cm³/mol. The van der Waals surface area contributed by atoms with Gasteiger partial charge in [0.1, 0.15) is 4.88 Å². The largest absolute Gasteiger partial charge is 0.347 e. The van der Waals surface area contributed by atoms with E-state index >= 15 is 0 Å². The molecule has 1 heterocycles. The van der Waals surface area contributed by atoms with Crippen LogP contribution in [0.5, 0.6) is 0 Å². The van der Waals surface area contributed by atoms with Crippen LogP contribution < -0.4 is 11.1 Å². The molecule has 0 saturated heterocycles. The van der Waals surface area contributed by atoms with Crippen LogP contribution in [0.4, 0.5) is 0 Å². The summed E-state index contributed by atoms with van der Waals surface area (Å²) in [6.45, 7) is 2.65. The van der Waals surface area contributed by atoms with Crippen LogP contribution in [0.2, 0.25) is 5.02 Å². The summed E-state index contributed by atoms with van der Waals surface area (Å²) in [5.41, 5.74) is 8.14. The van der Waals surface area contributed by atoms with Gasteiger partial charge in [-0.25, -0.2) is 0 Å². The van der Waals surface area contributed by atoms with Crippen LogP contribution in [0, 0.1) is 18.8 Å². The average Bonchev–Trinajstić information content (AvgIpc) is 2.83. The third-order valence-corrected chi connectivity index (χ3v) is 4.52. The highest BCUT2D eigenvalue weighted by molar-refractivity contribution is 7.13. The van der Waals surface area contributed by atoms with E-state index in [-0.39, 0.29) is 5.91 Å². The van der Waals surface area contributed by atoms with E-state index in [1.165, 1.54) is 11.3 Å². The molecule has 108 valence electrons. The lowest BCUT2D eigenvalue weighted by molar-refractivity contribution is 0.0955. The minimum Gasteiger partial charge on any atom is -0.347 e. The standard InChI is InChI=1S/C16H15ClN2OS/c1-11-10-21-15(14(11)17)16(20)19-9-13-5-2-4-12(8-13)6-3-7-18/h2,4-5,8,10H,7,9,18H2,1H3,(H,19,20). The molecule has 3 N–H and O–H groups in total. The second-order valence-electron chi connectivity index (χ2n) is 4.45. The molecular formula is C16H15ClN2OS. The van der Waals surface area contributed by atoms with Crippen molar-refractivity contribution < 1.29 is 4.79 Å². The van der Waals surface area contributed by atoms with Gasteiger partial charge in [-0.15, -0.1) is 11.3 Å². The Morgan fingerprint density at radius 3 is 2.95 bits per heavy atom. The van der Waals surface area contributed by atoms with Crippen molar-refractivity contribution in [1.29, 1.82) is 0 Å². The molecule has 0 atom stereocenters. The zero-order valence-electron chi connectivity index (χ0n) is 11.6. The number of carbonyl (C=O) groups is 1. The number of rotatable bonds is 3. The fourth-order valence-corrected chi connectivity index (χ4v) is 2.95. The van der Waals surface area contributed by atoms with Crippen molar-refractivity contribution in [2.45, 2.75) is 13.5 Å². The number of aryl methyl sites for hydroxylation is 1. The predicted octanol–water partition coefficient (Wildman–Crippen LogP) is 2.95. The van der Waals surface area contributed by atoms with Crippen LogP contribution in [0.15, 0.2) is 29.6 Å². The number of hydrogen-bond acceptors (Lipinski definition) is 3. The third-order valence-electron chi connectivity index (χ3n) is 2.82. The molecule has 0 bridgehead atoms. The maximum absolute atomic E-state index is 12.1. The number of halogens is 1. The number of thiophene rings is 1. The fraction of sp³-hybridized carbons (Fsp3) is 0.188. The molecule has 1 aromatic carbocycles. The summed E-state index contributed by atoms with van der Waals surface area (Å²) in [7, 11) is 0. The molecule has 1 amide bonds. The van der Waals surface area contributed by atoms with E-state index in [0.717, 1.165) is 16.7 Å². The summed E-state index contributed by atoms with van der Waals surface area (Å²) >= 11 is 7.44. The molecule has 5 heteroatoms. The Morgan fingerprint density at radius 2 is 2.29 bits per heavy atom. The first kappa shape index (κ1) is 15.6. The third kappa shape index (κ3) is 4.08. The Hall–Kier alpha value is -1.80. The number of benzene rings is 1. The van der Waals surface area contributed by atoms with E-state index in [9.17, 15) is 4.79 Å². The summed E-state index contributed by atoms with van der Waals surface area (Å²) in [5.74, 6) is 5.62. The second-order valence-corrected chi connectivity index (χ2v) is 5.71. The summed E-state index contributed by atoms with van der Waals surface area (Å²) in [6.07, 6.45) is 0. The van der Waals surface area contributed by atoms with Crippen LogP contribution in [0.25, 0.3) is 0 Å². The molecule has 2 aromatic rings. The first-order valence-electron chi connectivity index (χ1n) is 6.41. The minimum absolute atomic E-state index is 0.156. The van der Waals surface area contributed by atoms with Gasteiger partial charge < -0.3 is 11.1 Å². The molecule has 0 aliphatic rings. The number of nitrogens with one attached hydrogen (secondary N) is 1. The highest BCUT2D eigenvalue weighted by atomic mass is 35.5. The first-order valence-corrected chi connectivity index (χ1v) is 7.67. The van der Waals surface area contributed by atoms with Gasteiger partial charge in [0, 0.05) is 12.1 Å². The van der Waals surface area contributed by atoms with Crippen molar-refractivity contribution in [1.82, 2.24) is 5.32 Å². The van der Waals surface area contributed by atoms with Gasteiger partial charge in [0.05, 0.1) is 11.6 Å². The van der Waals surface area contributed by atoms with E-state index < -0.39 is 0 Å². The molecule has 0 saturated carbocycles. The molecule has 0 aliphatic heterocycles. The first-order chi connectivity index (χ1) is 10.1. The minimum atomic E-state index is -0.156. The van der Waals surface area contributed by atoms with Crippen molar-refractivity contribution in [3.05, 3.63) is 56.2 Å². The van der Waals surface area contributed by atoms with E-state index in [4.69, 9.17) is 17.3 Å². The zero-order chi connectivity index (χ0) is 15.2. The quantitative estimate of drug-likeness (QED) is 0.855. The lowest BCUT2D eigenvalue weighted by atomic mass is 10.1. The Balaban J connectivity index is 2.03. The lowest BCUT2D eigenvalue weighted by Gasteiger charge is -2.05. The van der Waals surface area contributed by atoms with Crippen LogP contribution in [0.1, 0.15) is 26.4 Å². The van der Waals surface area contributed by atoms with E-state index in [1.807, 2.05) is 36.6 Å². The van der Waals surface area contributed by atoms with Gasteiger partial charge in [-0.2, -0.15) is 0 Å². The van der Waals surface area contributed by atoms with Gasteiger partial charge in [-0.05, 0) is 35.6 Å². The summed E-state index contributed by atoms with van der Waals surface area (Å²) < 4.78 is 0. The number of carbonyl (C=O) groups excluding carboxylic acids is 1. The molecule has 0 aliphatic carbocycles. The van der Waals surface area contributed by atoms with E-state index in [2.05, 4.69) is 17.2 Å². The number of hydrogen-bond donors (Lipinski definition) is 2. The molecule has 0 radical (unpaired) electrons. The Kier molecular flexibility index (Phi) is 5.40. The van der Waals surface area contributed by atoms with Gasteiger partial charge in [0.15, 0.2) is 0 Å². The highest BCUT2D eigenvalue weighted by Crippen LogP contribution is 2.26. The molecule has 21 heavy (non-hydrogen) atoms. The van der Waals surface area contributed by atoms with Gasteiger partial charge in [-0.3, -0.25) is 4.79 Å². The van der Waals surface area contributed by atoms with Crippen LogP contribution in [0.3, 0.4) is 0 Å². The molecular weight excluding hydrogens is 304 g/mol. The molecule has 0 fully saturated rings. The van der Waals surface area contributed by atoms with Gasteiger partial charge >= 0.3 is 0 Å². The molecule has 1 aromatic heterocycles. The van der Waals surface area contributed by atoms with Gasteiger partial charge in [-0.1, -0.05) is 35.6 Å². The van der Waals surface area contributed by atoms with E-state index in [1.54, 1.807) is 0 Å². The van der Waals surface area contributed by atoms with Crippen molar-refractivity contribution >= 4 is 28.8 Å². The lowest BCUT2D eigenvalue weighted by Crippen LogP contribution is -2.22. The van der Waals surface area contributed by atoms with Crippen molar-refractivity contribution in [3.8, 4) is 11.8 Å². The number of nitrogens with two attached hydrogens (primary N) is 1. The smallest absolute Gasteiger partial charge is 0.263 e. The monoisotopic (exact) mass is 318 g/mol. The van der Waals surface area contributed by atoms with Crippen molar-refractivity contribution in [2.24, 2.45) is 5.73 Å².